The van der Waals surface area contributed by atoms with Gasteiger partial charge >= 0.3 is 0 Å². The number of hydrogen-bond acceptors (Lipinski definition) is 5. The van der Waals surface area contributed by atoms with Crippen molar-refractivity contribution in [3.05, 3.63) is 243 Å². The maximum atomic E-state index is 6.17. The molecule has 0 radical (unpaired) electrons. The van der Waals surface area contributed by atoms with E-state index in [-0.39, 0.29) is 0 Å². The lowest BCUT2D eigenvalue weighted by Crippen LogP contribution is -2.77. The van der Waals surface area contributed by atoms with E-state index in [9.17, 15) is 0 Å². The van der Waals surface area contributed by atoms with Crippen molar-refractivity contribution in [2.75, 3.05) is 4.90 Å². The first-order valence-corrected chi connectivity index (χ1v) is 26.0. The van der Waals surface area contributed by atoms with Gasteiger partial charge in [-0.25, -0.2) is 15.0 Å². The molecule has 0 saturated heterocycles. The highest BCUT2D eigenvalue weighted by Gasteiger charge is 2.48. The predicted octanol–water partition coefficient (Wildman–Crippen LogP) is 12.8. The van der Waals surface area contributed by atoms with E-state index in [2.05, 4.69) is 232 Å². The Balaban J connectivity index is 0.882. The van der Waals surface area contributed by atoms with Crippen LogP contribution in [0, 0.1) is 0 Å². The summed E-state index contributed by atoms with van der Waals surface area (Å²) in [6, 6.07) is 82.7. The van der Waals surface area contributed by atoms with Gasteiger partial charge in [0, 0.05) is 49.3 Å². The van der Waals surface area contributed by atoms with Crippen LogP contribution in [-0.4, -0.2) is 32.2 Å². The number of hydrogen-bond donors (Lipinski definition) is 0. The summed E-state index contributed by atoms with van der Waals surface area (Å²) in [5, 5.41) is 12.1. The highest BCUT2D eigenvalue weighted by atomic mass is 28.3. The maximum absolute atomic E-state index is 6.17. The molecule has 0 saturated carbocycles. The molecule has 332 valence electrons. The molecular weight excluding hydrogens is 885 g/mol. The predicted molar refractivity (Wildman–Crippen MR) is 293 cm³/mol. The van der Waals surface area contributed by atoms with Crippen LogP contribution in [0.4, 0.5) is 17.1 Å². The number of nitrogens with zero attached hydrogens (tertiary/aromatic N) is 6. The molecule has 9 aromatic carbocycles. The molecule has 6 heterocycles. The number of aromatic nitrogens is 5. The molecule has 0 spiro atoms. The maximum Gasteiger partial charge on any atom is 0.234 e. The lowest BCUT2D eigenvalue weighted by Gasteiger charge is -2.44. The van der Waals surface area contributed by atoms with E-state index >= 15 is 0 Å². The Bertz CT molecular complexity index is 4340. The lowest BCUT2D eigenvalue weighted by atomic mass is 10.1. The van der Waals surface area contributed by atoms with E-state index in [1.165, 1.54) is 20.7 Å². The largest absolute Gasteiger partial charge is 0.456 e. The Morgan fingerprint density at radius 3 is 1.59 bits per heavy atom. The van der Waals surface area contributed by atoms with Crippen molar-refractivity contribution in [1.82, 2.24) is 24.1 Å². The lowest BCUT2D eigenvalue weighted by molar-refractivity contribution is 0.669. The van der Waals surface area contributed by atoms with Crippen LogP contribution in [-0.2, 0) is 0 Å². The number of benzene rings is 9. The van der Waals surface area contributed by atoms with Gasteiger partial charge in [-0.1, -0.05) is 158 Å². The average molecular weight is 925 g/mol. The Hall–Kier alpha value is -9.37. The first-order chi connectivity index (χ1) is 35.2. The average Bonchev–Trinajstić information content (AvgIpc) is 4.11. The molecule has 0 atom stereocenters. The summed E-state index contributed by atoms with van der Waals surface area (Å²) in [6.45, 7) is 0. The van der Waals surface area contributed by atoms with Crippen molar-refractivity contribution in [2.45, 2.75) is 0 Å². The number of para-hydroxylation sites is 5. The minimum absolute atomic E-state index is 0.607. The van der Waals surface area contributed by atoms with Crippen molar-refractivity contribution < 1.29 is 4.42 Å². The molecule has 0 unspecified atom stereocenters. The second-order valence-corrected chi connectivity index (χ2v) is 22.1. The van der Waals surface area contributed by atoms with Crippen molar-refractivity contribution in [3.8, 4) is 23.0 Å². The van der Waals surface area contributed by atoms with Crippen LogP contribution in [0.3, 0.4) is 0 Å². The van der Waals surface area contributed by atoms with Crippen molar-refractivity contribution in [1.29, 1.82) is 0 Å². The van der Waals surface area contributed by atoms with Crippen molar-refractivity contribution in [3.63, 3.8) is 0 Å². The van der Waals surface area contributed by atoms with E-state index in [0.29, 0.717) is 5.95 Å². The van der Waals surface area contributed by atoms with Crippen molar-refractivity contribution >= 4 is 111 Å². The third-order valence-corrected chi connectivity index (χ3v) is 19.6. The smallest absolute Gasteiger partial charge is 0.234 e. The molecular formula is C63H40N6OSi. The summed E-state index contributed by atoms with van der Waals surface area (Å²) in [4.78, 5) is 18.3. The SMILES string of the molecule is c1ccc([Si]2(c3ccccc3)c3ccccc3N(c3cnc(-n4c5ccccc5c5c6c7ccccc7n(-c7cccc(-c8ccc9oc%10ccccc%10c9c8)n7)c6ccc54)nc3)c3ccccc32)cc1. The van der Waals surface area contributed by atoms with E-state index in [4.69, 9.17) is 19.4 Å². The van der Waals surface area contributed by atoms with Gasteiger partial charge in [0.25, 0.3) is 0 Å². The standard InChI is InChI=1S/C63H40N6OSi/c1-3-18-43(19-4-1)71(44-20-5-2-6-21-44)58-31-15-12-28-52(58)67(53-29-13-16-32-59(53)71)42-39-64-63(65-40-42)69-51-27-11-8-24-47(51)62-55(69)36-35-54-61(62)46-23-7-10-26-50(46)68(54)60-33-17-25-49(66-60)41-34-37-57-48(38-41)45-22-9-14-30-56(45)70-57/h1-40H. The highest BCUT2D eigenvalue weighted by molar-refractivity contribution is 7.21. The minimum Gasteiger partial charge on any atom is -0.456 e. The molecule has 5 aromatic heterocycles. The molecule has 0 N–H and O–H groups in total. The molecule has 1 aliphatic heterocycles. The van der Waals surface area contributed by atoms with Crippen LogP contribution >= 0.6 is 0 Å². The van der Waals surface area contributed by atoms with Crippen LogP contribution in [0.1, 0.15) is 0 Å². The van der Waals surface area contributed by atoms with Gasteiger partial charge in [0.2, 0.25) is 5.95 Å². The van der Waals surface area contributed by atoms with E-state index in [1.54, 1.807) is 0 Å². The van der Waals surface area contributed by atoms with Crippen LogP contribution in [0.2, 0.25) is 0 Å². The number of anilines is 3. The van der Waals surface area contributed by atoms with Gasteiger partial charge in [-0.2, -0.15) is 0 Å². The van der Waals surface area contributed by atoms with Crippen LogP contribution in [0.5, 0.6) is 0 Å². The normalized spacial score (nSPS) is 13.2. The summed E-state index contributed by atoms with van der Waals surface area (Å²) < 4.78 is 10.7. The van der Waals surface area contributed by atoms with E-state index < -0.39 is 8.07 Å². The first kappa shape index (κ1) is 39.6. The second kappa shape index (κ2) is 15.3. The molecule has 8 heteroatoms. The Labute approximate surface area is 408 Å². The molecule has 0 fully saturated rings. The minimum atomic E-state index is -2.76. The number of fused-ring (bicyclic) bond motifs is 12. The fourth-order valence-electron chi connectivity index (χ4n) is 11.8. The second-order valence-electron chi connectivity index (χ2n) is 18.3. The molecule has 0 amide bonds. The Morgan fingerprint density at radius 1 is 0.394 bits per heavy atom. The summed E-state index contributed by atoms with van der Waals surface area (Å²) in [6.07, 6.45) is 3.98. The molecule has 1 aliphatic rings. The summed E-state index contributed by atoms with van der Waals surface area (Å²) >= 11 is 0. The van der Waals surface area contributed by atoms with Gasteiger partial charge in [0.1, 0.15) is 17.0 Å². The fourth-order valence-corrected chi connectivity index (χ4v) is 16.9. The van der Waals surface area contributed by atoms with Gasteiger partial charge in [0.05, 0.1) is 45.8 Å². The molecule has 14 aromatic rings. The number of rotatable bonds is 6. The molecule has 0 aliphatic carbocycles. The summed E-state index contributed by atoms with van der Waals surface area (Å²) in [5.74, 6) is 1.46. The third-order valence-electron chi connectivity index (χ3n) is 14.7. The van der Waals surface area contributed by atoms with Crippen LogP contribution in [0.15, 0.2) is 247 Å². The Kier molecular flexibility index (Phi) is 8.54. The Morgan fingerprint density at radius 2 is 0.930 bits per heavy atom. The zero-order chi connectivity index (χ0) is 46.6. The van der Waals surface area contributed by atoms with Gasteiger partial charge in [-0.05, 0) is 93.5 Å². The number of pyridine rings is 1. The number of furan rings is 1. The van der Waals surface area contributed by atoms with Crippen LogP contribution in [0.25, 0.3) is 88.6 Å². The molecule has 15 rings (SSSR count). The molecule has 7 nitrogen and oxygen atoms in total. The van der Waals surface area contributed by atoms with Gasteiger partial charge in [-0.15, -0.1) is 0 Å². The van der Waals surface area contributed by atoms with E-state index in [0.717, 1.165) is 99.7 Å². The van der Waals surface area contributed by atoms with Gasteiger partial charge in [0.15, 0.2) is 8.07 Å². The summed E-state index contributed by atoms with van der Waals surface area (Å²) in [5.41, 5.74) is 11.1. The van der Waals surface area contributed by atoms with E-state index in [1.807, 2.05) is 24.5 Å². The highest BCUT2D eigenvalue weighted by Crippen LogP contribution is 2.43. The van der Waals surface area contributed by atoms with Gasteiger partial charge < -0.3 is 9.32 Å². The molecule has 0 bridgehead atoms. The van der Waals surface area contributed by atoms with Crippen LogP contribution < -0.4 is 25.6 Å². The third kappa shape index (κ3) is 5.67. The quantitative estimate of drug-likeness (QED) is 0.155. The first-order valence-electron chi connectivity index (χ1n) is 24.0. The summed E-state index contributed by atoms with van der Waals surface area (Å²) in [7, 11) is -2.76. The zero-order valence-electron chi connectivity index (χ0n) is 38.2. The zero-order valence-corrected chi connectivity index (χ0v) is 39.2. The topological polar surface area (TPSA) is 64.9 Å². The monoisotopic (exact) mass is 924 g/mol. The van der Waals surface area contributed by atoms with Gasteiger partial charge in [-0.3, -0.25) is 9.13 Å². The van der Waals surface area contributed by atoms with Crippen molar-refractivity contribution in [2.24, 2.45) is 0 Å². The molecule has 71 heavy (non-hydrogen) atoms. The fraction of sp³-hybridized carbons (Fsp3) is 0.